The van der Waals surface area contributed by atoms with Gasteiger partial charge in [0.2, 0.25) is 0 Å². The molecule has 0 amide bonds. The normalized spacial score (nSPS) is 17.5. The molecule has 88 valence electrons. The molecule has 2 rings (SSSR count). The van der Waals surface area contributed by atoms with Gasteiger partial charge in [-0.05, 0) is 6.07 Å². The van der Waals surface area contributed by atoms with E-state index in [0.717, 1.165) is 26.3 Å². The maximum Gasteiger partial charge on any atom is 0.162 e. The van der Waals surface area contributed by atoms with Crippen molar-refractivity contribution in [3.05, 3.63) is 23.8 Å². The van der Waals surface area contributed by atoms with Crippen molar-refractivity contribution in [2.24, 2.45) is 0 Å². The molecule has 0 spiro atoms. The summed E-state index contributed by atoms with van der Waals surface area (Å²) < 4.78 is 5.22. The molecule has 5 heteroatoms. The topological polar surface area (TPSA) is 65.0 Å². The number of hydrazine groups is 1. The minimum atomic E-state index is -0.0822. The lowest BCUT2D eigenvalue weighted by Crippen LogP contribution is -2.45. The number of benzene rings is 1. The Labute approximate surface area is 94.2 Å². The molecule has 0 unspecified atom stereocenters. The first kappa shape index (κ1) is 11.2. The molecular weight excluding hydrogens is 208 g/mol. The first-order chi connectivity index (χ1) is 7.77. The van der Waals surface area contributed by atoms with Crippen molar-refractivity contribution in [2.45, 2.75) is 6.54 Å². The third-order valence-electron chi connectivity index (χ3n) is 2.60. The molecule has 1 aromatic carbocycles. The largest absolute Gasteiger partial charge is 0.504 e. The van der Waals surface area contributed by atoms with Gasteiger partial charge in [0.25, 0.3) is 0 Å². The van der Waals surface area contributed by atoms with Crippen LogP contribution in [0.1, 0.15) is 5.56 Å². The molecule has 16 heavy (non-hydrogen) atoms. The Morgan fingerprint density at radius 2 is 2.00 bits per heavy atom. The minimum absolute atomic E-state index is 0.0525. The van der Waals surface area contributed by atoms with E-state index in [1.807, 2.05) is 5.01 Å². The summed E-state index contributed by atoms with van der Waals surface area (Å²) in [5, 5.41) is 21.0. The fourth-order valence-electron chi connectivity index (χ4n) is 1.64. The van der Waals surface area contributed by atoms with Crippen LogP contribution in [-0.2, 0) is 11.3 Å². The second-order valence-corrected chi connectivity index (χ2v) is 3.72. The highest BCUT2D eigenvalue weighted by atomic mass is 16.5. The summed E-state index contributed by atoms with van der Waals surface area (Å²) in [5.74, 6) is -0.135. The first-order valence-electron chi connectivity index (χ1n) is 5.33. The average molecular weight is 224 g/mol. The van der Waals surface area contributed by atoms with E-state index in [0.29, 0.717) is 12.1 Å². The van der Waals surface area contributed by atoms with Crippen molar-refractivity contribution >= 4 is 0 Å². The molecule has 5 nitrogen and oxygen atoms in total. The number of rotatable bonds is 3. The molecule has 1 saturated heterocycles. The molecule has 1 aliphatic rings. The Morgan fingerprint density at radius 3 is 2.75 bits per heavy atom. The maximum absolute atomic E-state index is 9.59. The molecule has 1 aromatic rings. The number of para-hydroxylation sites is 1. The molecule has 0 radical (unpaired) electrons. The van der Waals surface area contributed by atoms with Gasteiger partial charge < -0.3 is 14.9 Å². The molecule has 0 aromatic heterocycles. The fraction of sp³-hybridized carbons (Fsp3) is 0.455. The Bertz CT molecular complexity index is 351. The van der Waals surface area contributed by atoms with E-state index < -0.39 is 0 Å². The number of hydrogen-bond donors (Lipinski definition) is 3. The Morgan fingerprint density at radius 1 is 1.25 bits per heavy atom. The number of phenolic OH excluding ortho intramolecular Hbond substituents is 2. The van der Waals surface area contributed by atoms with Crippen molar-refractivity contribution < 1.29 is 14.9 Å². The van der Waals surface area contributed by atoms with E-state index in [1.165, 1.54) is 6.07 Å². The van der Waals surface area contributed by atoms with Crippen LogP contribution in [-0.4, -0.2) is 41.5 Å². The highest BCUT2D eigenvalue weighted by Gasteiger charge is 2.11. The van der Waals surface area contributed by atoms with Gasteiger partial charge in [0.15, 0.2) is 11.5 Å². The summed E-state index contributed by atoms with van der Waals surface area (Å²) in [7, 11) is 0. The highest BCUT2D eigenvalue weighted by Crippen LogP contribution is 2.27. The van der Waals surface area contributed by atoms with E-state index in [9.17, 15) is 10.2 Å². The standard InChI is InChI=1S/C11H16N2O3/c14-10-3-1-2-9(11(10)15)8-12-13-4-6-16-7-5-13/h1-3,12,14-15H,4-8H2. The molecule has 1 fully saturated rings. The van der Waals surface area contributed by atoms with Crippen molar-refractivity contribution in [3.8, 4) is 11.5 Å². The number of nitrogens with zero attached hydrogens (tertiary/aromatic N) is 1. The molecule has 0 aliphatic carbocycles. The fourth-order valence-corrected chi connectivity index (χ4v) is 1.64. The highest BCUT2D eigenvalue weighted by molar-refractivity contribution is 5.44. The molecule has 1 heterocycles. The summed E-state index contributed by atoms with van der Waals surface area (Å²) in [6, 6.07) is 4.96. The molecule has 1 aliphatic heterocycles. The summed E-state index contributed by atoms with van der Waals surface area (Å²) in [6.07, 6.45) is 0. The number of phenols is 2. The van der Waals surface area contributed by atoms with Gasteiger partial charge in [-0.15, -0.1) is 0 Å². The summed E-state index contributed by atoms with van der Waals surface area (Å²) in [4.78, 5) is 0. The van der Waals surface area contributed by atoms with Crippen LogP contribution in [0.4, 0.5) is 0 Å². The van der Waals surface area contributed by atoms with E-state index in [-0.39, 0.29) is 11.5 Å². The summed E-state index contributed by atoms with van der Waals surface area (Å²) in [6.45, 7) is 3.61. The number of ether oxygens (including phenoxy) is 1. The first-order valence-corrected chi connectivity index (χ1v) is 5.33. The van der Waals surface area contributed by atoms with Crippen LogP contribution >= 0.6 is 0 Å². The molecule has 0 atom stereocenters. The van der Waals surface area contributed by atoms with Crippen LogP contribution in [0, 0.1) is 0 Å². The SMILES string of the molecule is Oc1cccc(CNN2CCOCC2)c1O. The van der Waals surface area contributed by atoms with Crippen LogP contribution in [0.2, 0.25) is 0 Å². The van der Waals surface area contributed by atoms with Gasteiger partial charge in [-0.2, -0.15) is 0 Å². The second kappa shape index (κ2) is 5.16. The van der Waals surface area contributed by atoms with E-state index >= 15 is 0 Å². The predicted molar refractivity (Wildman–Crippen MR) is 59.0 cm³/mol. The van der Waals surface area contributed by atoms with Gasteiger partial charge >= 0.3 is 0 Å². The lowest BCUT2D eigenvalue weighted by molar-refractivity contribution is 0.0104. The van der Waals surface area contributed by atoms with Gasteiger partial charge in [-0.3, -0.25) is 5.43 Å². The second-order valence-electron chi connectivity index (χ2n) is 3.72. The van der Waals surface area contributed by atoms with E-state index in [1.54, 1.807) is 12.1 Å². The van der Waals surface area contributed by atoms with Crippen molar-refractivity contribution in [2.75, 3.05) is 26.3 Å². The minimum Gasteiger partial charge on any atom is -0.504 e. The van der Waals surface area contributed by atoms with Gasteiger partial charge in [-0.1, -0.05) is 12.1 Å². The Kier molecular flexibility index (Phi) is 3.61. The average Bonchev–Trinajstić information content (AvgIpc) is 2.32. The smallest absolute Gasteiger partial charge is 0.162 e. The van der Waals surface area contributed by atoms with E-state index in [2.05, 4.69) is 5.43 Å². The molecule has 3 N–H and O–H groups in total. The molecule has 0 bridgehead atoms. The van der Waals surface area contributed by atoms with Crippen LogP contribution in [0.25, 0.3) is 0 Å². The third-order valence-corrected chi connectivity index (χ3v) is 2.60. The van der Waals surface area contributed by atoms with Gasteiger partial charge in [-0.25, -0.2) is 5.01 Å². The van der Waals surface area contributed by atoms with Crippen molar-refractivity contribution in [1.82, 2.24) is 10.4 Å². The van der Waals surface area contributed by atoms with Gasteiger partial charge in [0.05, 0.1) is 13.2 Å². The number of hydrogen-bond acceptors (Lipinski definition) is 5. The van der Waals surface area contributed by atoms with Gasteiger partial charge in [0.1, 0.15) is 0 Å². The lowest BCUT2D eigenvalue weighted by atomic mass is 10.2. The Hall–Kier alpha value is -1.30. The van der Waals surface area contributed by atoms with Crippen LogP contribution in [0.5, 0.6) is 11.5 Å². The zero-order valence-electron chi connectivity index (χ0n) is 9.02. The van der Waals surface area contributed by atoms with Crippen LogP contribution < -0.4 is 5.43 Å². The number of nitrogens with one attached hydrogen (secondary N) is 1. The monoisotopic (exact) mass is 224 g/mol. The third kappa shape index (κ3) is 2.63. The summed E-state index contributed by atoms with van der Waals surface area (Å²) in [5.41, 5.74) is 3.87. The number of aromatic hydroxyl groups is 2. The van der Waals surface area contributed by atoms with E-state index in [4.69, 9.17) is 4.74 Å². The predicted octanol–water partition coefficient (Wildman–Crippen LogP) is 0.435. The molecular formula is C11H16N2O3. The lowest BCUT2D eigenvalue weighted by Gasteiger charge is -2.27. The maximum atomic E-state index is 9.59. The number of morpholine rings is 1. The van der Waals surface area contributed by atoms with Crippen LogP contribution in [0.15, 0.2) is 18.2 Å². The quantitative estimate of drug-likeness (QED) is 0.650. The Balaban J connectivity index is 1.91. The zero-order valence-corrected chi connectivity index (χ0v) is 9.02. The van der Waals surface area contributed by atoms with Crippen molar-refractivity contribution in [1.29, 1.82) is 0 Å². The molecule has 0 saturated carbocycles. The zero-order chi connectivity index (χ0) is 11.4. The van der Waals surface area contributed by atoms with Crippen LogP contribution in [0.3, 0.4) is 0 Å². The van der Waals surface area contributed by atoms with Gasteiger partial charge in [0, 0.05) is 25.2 Å². The van der Waals surface area contributed by atoms with Crippen molar-refractivity contribution in [3.63, 3.8) is 0 Å². The summed E-state index contributed by atoms with van der Waals surface area (Å²) >= 11 is 0.